The Hall–Kier alpha value is -2.46. The van der Waals surface area contributed by atoms with Gasteiger partial charge in [0.15, 0.2) is 5.94 Å². The Kier molecular flexibility index (Phi) is 11.3. The molecule has 0 bridgehead atoms. The van der Waals surface area contributed by atoms with Crippen LogP contribution in [0.5, 0.6) is 5.75 Å². The van der Waals surface area contributed by atoms with E-state index in [9.17, 15) is 22.4 Å². The third-order valence-electron chi connectivity index (χ3n) is 6.30. The molecule has 214 valence electrons. The van der Waals surface area contributed by atoms with E-state index in [1.807, 2.05) is 18.7 Å². The molecule has 1 aromatic carbocycles. The average Bonchev–Trinajstić information content (AvgIpc) is 2.83. The van der Waals surface area contributed by atoms with Crippen LogP contribution in [-0.2, 0) is 28.9 Å². The summed E-state index contributed by atoms with van der Waals surface area (Å²) in [6.07, 6.45) is 2.10. The number of esters is 1. The van der Waals surface area contributed by atoms with Crippen molar-refractivity contribution in [2.45, 2.75) is 77.7 Å². The van der Waals surface area contributed by atoms with Gasteiger partial charge in [0, 0.05) is 25.4 Å². The van der Waals surface area contributed by atoms with E-state index in [4.69, 9.17) is 14.2 Å². The van der Waals surface area contributed by atoms with Crippen LogP contribution >= 0.6 is 0 Å². The number of hydrogen-bond acceptors (Lipinski definition) is 7. The second-order valence-electron chi connectivity index (χ2n) is 11.5. The van der Waals surface area contributed by atoms with Crippen molar-refractivity contribution in [3.63, 3.8) is 0 Å². The Morgan fingerprint density at radius 2 is 1.71 bits per heavy atom. The molecule has 0 unspecified atom stereocenters. The van der Waals surface area contributed by atoms with Crippen molar-refractivity contribution in [3.8, 4) is 5.75 Å². The number of carbonyl (C=O) groups is 2. The van der Waals surface area contributed by atoms with E-state index in [1.165, 1.54) is 24.3 Å². The van der Waals surface area contributed by atoms with Gasteiger partial charge in [0.05, 0.1) is 17.8 Å². The fraction of sp³-hybridized carbons (Fsp3) is 0.643. The lowest BCUT2D eigenvalue weighted by molar-refractivity contribution is -0.154. The second-order valence-corrected chi connectivity index (χ2v) is 13.4. The number of ether oxygens (including phenoxy) is 3. The maximum atomic E-state index is 13.2. The van der Waals surface area contributed by atoms with Gasteiger partial charge >= 0.3 is 5.97 Å². The largest absolute Gasteiger partial charge is 0.489 e. The molecule has 1 aromatic rings. The SMILES string of the molecule is CC(C)C(=O)N1CCC(C)(COCS(=O)(=O)c2ccc(OC/C(=C/F)CCC(=O)OC(C)(C)C)cc2)CC1. The third kappa shape index (κ3) is 10.4. The number of hydrogen-bond donors (Lipinski definition) is 0. The first kappa shape index (κ1) is 31.8. The number of piperidine rings is 1. The topological polar surface area (TPSA) is 99.2 Å². The van der Waals surface area contributed by atoms with Crippen LogP contribution in [0.1, 0.15) is 67.2 Å². The standard InChI is InChI=1S/C28H42FNO7S/c1-21(2)26(32)30-15-13-28(6,14-16-30)19-35-20-38(33,34)24-10-8-23(9-11-24)36-18-22(17-29)7-12-25(31)37-27(3,4)5/h8-11,17,21H,7,12-16,18-20H2,1-6H3/b22-17+. The summed E-state index contributed by atoms with van der Waals surface area (Å²) in [5.74, 6) is -0.396. The highest BCUT2D eigenvalue weighted by molar-refractivity contribution is 7.91. The second kappa shape index (κ2) is 13.6. The lowest BCUT2D eigenvalue weighted by Crippen LogP contribution is -2.45. The fourth-order valence-electron chi connectivity index (χ4n) is 3.97. The third-order valence-corrected chi connectivity index (χ3v) is 7.76. The molecule has 1 heterocycles. The van der Waals surface area contributed by atoms with Crippen LogP contribution in [-0.4, -0.2) is 63.0 Å². The zero-order valence-electron chi connectivity index (χ0n) is 23.4. The molecule has 10 heteroatoms. The quantitative estimate of drug-likeness (QED) is 0.332. The maximum Gasteiger partial charge on any atom is 0.306 e. The Morgan fingerprint density at radius 1 is 1.11 bits per heavy atom. The Balaban J connectivity index is 1.81. The molecule has 0 aromatic heterocycles. The number of amides is 1. The van der Waals surface area contributed by atoms with E-state index in [0.29, 0.717) is 31.8 Å². The molecule has 8 nitrogen and oxygen atoms in total. The Bertz CT molecular complexity index is 1070. The van der Waals surface area contributed by atoms with E-state index in [0.717, 1.165) is 12.8 Å². The highest BCUT2D eigenvalue weighted by Crippen LogP contribution is 2.32. The minimum absolute atomic E-state index is 0.0287. The molecule has 38 heavy (non-hydrogen) atoms. The predicted octanol–water partition coefficient (Wildman–Crippen LogP) is 5.07. The van der Waals surface area contributed by atoms with Crippen LogP contribution in [0.15, 0.2) is 41.1 Å². The van der Waals surface area contributed by atoms with Crippen LogP contribution in [0.3, 0.4) is 0 Å². The van der Waals surface area contributed by atoms with E-state index in [-0.39, 0.29) is 47.2 Å². The number of likely N-dealkylation sites (tertiary alicyclic amines) is 1. The summed E-state index contributed by atoms with van der Waals surface area (Å²) in [4.78, 5) is 26.0. The van der Waals surface area contributed by atoms with Crippen LogP contribution < -0.4 is 4.74 Å². The zero-order valence-corrected chi connectivity index (χ0v) is 24.2. The van der Waals surface area contributed by atoms with E-state index < -0.39 is 27.3 Å². The summed E-state index contributed by atoms with van der Waals surface area (Å²) in [5.41, 5.74) is -0.509. The molecule has 0 saturated carbocycles. The molecule has 0 aliphatic carbocycles. The van der Waals surface area contributed by atoms with Gasteiger partial charge in [-0.15, -0.1) is 0 Å². The molecule has 1 aliphatic heterocycles. The van der Waals surface area contributed by atoms with Gasteiger partial charge in [-0.25, -0.2) is 12.8 Å². The number of nitrogens with zero attached hydrogens (tertiary/aromatic N) is 1. The zero-order chi connectivity index (χ0) is 28.6. The van der Waals surface area contributed by atoms with E-state index in [2.05, 4.69) is 6.92 Å². The monoisotopic (exact) mass is 555 g/mol. The summed E-state index contributed by atoms with van der Waals surface area (Å²) in [5, 5.41) is 0. The van der Waals surface area contributed by atoms with Crippen LogP contribution in [0.2, 0.25) is 0 Å². The van der Waals surface area contributed by atoms with Crippen molar-refractivity contribution in [3.05, 3.63) is 36.2 Å². The van der Waals surface area contributed by atoms with Gasteiger partial charge < -0.3 is 19.1 Å². The summed E-state index contributed by atoms with van der Waals surface area (Å²) >= 11 is 0. The van der Waals surface area contributed by atoms with Crippen molar-refractivity contribution in [1.82, 2.24) is 4.90 Å². The van der Waals surface area contributed by atoms with Crippen LogP contribution in [0.4, 0.5) is 4.39 Å². The summed E-state index contributed by atoms with van der Waals surface area (Å²) < 4.78 is 55.1. The van der Waals surface area contributed by atoms with E-state index >= 15 is 0 Å². The van der Waals surface area contributed by atoms with Gasteiger partial charge in [-0.2, -0.15) is 0 Å². The lowest BCUT2D eigenvalue weighted by Gasteiger charge is -2.39. The Labute approximate surface area is 226 Å². The van der Waals surface area contributed by atoms with Crippen molar-refractivity contribution in [2.24, 2.45) is 11.3 Å². The molecule has 0 spiro atoms. The molecule has 0 N–H and O–H groups in total. The summed E-state index contributed by atoms with van der Waals surface area (Å²) in [6, 6.07) is 5.84. The number of halogens is 1. The minimum Gasteiger partial charge on any atom is -0.489 e. The number of sulfone groups is 1. The molecular weight excluding hydrogens is 513 g/mol. The van der Waals surface area contributed by atoms with Crippen LogP contribution in [0, 0.1) is 11.3 Å². The summed E-state index contributed by atoms with van der Waals surface area (Å²) in [7, 11) is -3.67. The molecule has 1 aliphatic rings. The first-order chi connectivity index (χ1) is 17.6. The highest BCUT2D eigenvalue weighted by atomic mass is 32.2. The number of carbonyl (C=O) groups excluding carboxylic acids is 2. The van der Waals surface area contributed by atoms with Crippen molar-refractivity contribution in [2.75, 3.05) is 32.2 Å². The number of rotatable bonds is 12. The first-order valence-corrected chi connectivity index (χ1v) is 14.6. The molecule has 1 fully saturated rings. The van der Waals surface area contributed by atoms with Gasteiger partial charge in [0.25, 0.3) is 0 Å². The normalized spacial score (nSPS) is 16.4. The minimum atomic E-state index is -3.67. The van der Waals surface area contributed by atoms with E-state index in [1.54, 1.807) is 20.8 Å². The van der Waals surface area contributed by atoms with Crippen molar-refractivity contribution in [1.29, 1.82) is 0 Å². The lowest BCUT2D eigenvalue weighted by atomic mass is 9.81. The van der Waals surface area contributed by atoms with Gasteiger partial charge in [-0.3, -0.25) is 9.59 Å². The maximum absolute atomic E-state index is 13.2. The molecule has 1 saturated heterocycles. The van der Waals surface area contributed by atoms with Crippen molar-refractivity contribution < 1.29 is 36.6 Å². The van der Waals surface area contributed by atoms with Gasteiger partial charge in [0.1, 0.15) is 18.0 Å². The van der Waals surface area contributed by atoms with Crippen molar-refractivity contribution >= 4 is 21.7 Å². The smallest absolute Gasteiger partial charge is 0.306 e. The highest BCUT2D eigenvalue weighted by Gasteiger charge is 2.33. The fourth-order valence-corrected chi connectivity index (χ4v) is 4.96. The van der Waals surface area contributed by atoms with Gasteiger partial charge in [-0.05, 0) is 75.3 Å². The predicted molar refractivity (Wildman–Crippen MR) is 143 cm³/mol. The van der Waals surface area contributed by atoms with Crippen LogP contribution in [0.25, 0.3) is 0 Å². The first-order valence-electron chi connectivity index (χ1n) is 13.0. The molecule has 0 atom stereocenters. The summed E-state index contributed by atoms with van der Waals surface area (Å²) in [6.45, 7) is 12.6. The average molecular weight is 556 g/mol. The molecule has 1 amide bonds. The molecule has 0 radical (unpaired) electrons. The number of benzene rings is 1. The van der Waals surface area contributed by atoms with Gasteiger partial charge in [0.2, 0.25) is 15.7 Å². The molecule has 2 rings (SSSR count). The van der Waals surface area contributed by atoms with Gasteiger partial charge in [-0.1, -0.05) is 20.8 Å². The Morgan fingerprint density at radius 3 is 2.24 bits per heavy atom. The molecular formula is C28H42FNO7S.